The summed E-state index contributed by atoms with van der Waals surface area (Å²) in [5.74, 6) is 4.01. The fourth-order valence-corrected chi connectivity index (χ4v) is 8.41. The molecule has 5 aliphatic carbocycles. The summed E-state index contributed by atoms with van der Waals surface area (Å²) in [5, 5.41) is 7.11. The fourth-order valence-electron chi connectivity index (χ4n) is 8.41. The predicted octanol–water partition coefficient (Wildman–Crippen LogP) is 8.03. The number of nitrogens with zero attached hydrogens (tertiary/aromatic N) is 1. The zero-order chi connectivity index (χ0) is 25.5. The highest BCUT2D eigenvalue weighted by molar-refractivity contribution is 5.92. The van der Waals surface area contributed by atoms with Crippen molar-refractivity contribution in [1.29, 1.82) is 0 Å². The van der Waals surface area contributed by atoms with Gasteiger partial charge < -0.3 is 15.6 Å². The third-order valence-electron chi connectivity index (χ3n) is 9.87. The Balaban J connectivity index is 0.992. The minimum atomic E-state index is 0.152. The number of H-pyrrole nitrogens is 1. The van der Waals surface area contributed by atoms with Crippen molar-refractivity contribution in [2.24, 2.45) is 23.7 Å². The first kappa shape index (κ1) is 24.0. The van der Waals surface area contributed by atoms with Gasteiger partial charge in [-0.1, -0.05) is 37.8 Å². The van der Waals surface area contributed by atoms with Gasteiger partial charge in [-0.3, -0.25) is 4.79 Å². The molecule has 1 heterocycles. The van der Waals surface area contributed by atoms with Gasteiger partial charge in [-0.2, -0.15) is 0 Å². The molecule has 3 N–H and O–H groups in total. The van der Waals surface area contributed by atoms with E-state index in [1.807, 2.05) is 30.5 Å². The SMILES string of the molecule is O=C(Nc1ccc(-c2ncc(-c3ccc(NC45CC6CC(CC(C6)C4)C5)cc3)[nH]2)cc1)C1CCCCCC1. The van der Waals surface area contributed by atoms with Gasteiger partial charge in [-0.25, -0.2) is 4.98 Å². The van der Waals surface area contributed by atoms with Gasteiger partial charge in [0.15, 0.2) is 0 Å². The van der Waals surface area contributed by atoms with Crippen molar-refractivity contribution in [3.05, 3.63) is 54.7 Å². The monoisotopic (exact) mass is 508 g/mol. The lowest BCUT2D eigenvalue weighted by Gasteiger charge is -2.57. The highest BCUT2D eigenvalue weighted by Crippen LogP contribution is 2.56. The zero-order valence-corrected chi connectivity index (χ0v) is 22.3. The molecule has 4 bridgehead atoms. The molecule has 0 radical (unpaired) electrons. The molecule has 38 heavy (non-hydrogen) atoms. The average Bonchev–Trinajstić information content (AvgIpc) is 3.23. The summed E-state index contributed by atoms with van der Waals surface area (Å²) in [6, 6.07) is 16.9. The van der Waals surface area contributed by atoms with Gasteiger partial charge in [-0.15, -0.1) is 0 Å². The van der Waals surface area contributed by atoms with Crippen LogP contribution in [0.5, 0.6) is 0 Å². The van der Waals surface area contributed by atoms with E-state index in [0.717, 1.165) is 58.9 Å². The van der Waals surface area contributed by atoms with Gasteiger partial charge in [0.2, 0.25) is 5.91 Å². The quantitative estimate of drug-likeness (QED) is 0.295. The maximum Gasteiger partial charge on any atom is 0.227 e. The van der Waals surface area contributed by atoms with Crippen LogP contribution in [0, 0.1) is 23.7 Å². The standard InChI is InChI=1S/C33H40N4O/c38-32(27-5-3-1-2-4-6-27)35-28-11-9-26(10-12-28)31-34-21-30(36-31)25-7-13-29(14-8-25)37-33-18-22-15-23(19-33)17-24(16-22)20-33/h7-14,21-24,27,37H,1-6,15-20H2,(H,34,36)(H,35,38). The Bertz CT molecular complexity index is 1230. The van der Waals surface area contributed by atoms with Crippen LogP contribution in [-0.2, 0) is 4.79 Å². The highest BCUT2D eigenvalue weighted by Gasteiger charge is 2.50. The maximum atomic E-state index is 12.7. The van der Waals surface area contributed by atoms with Crippen molar-refractivity contribution in [1.82, 2.24) is 9.97 Å². The molecule has 0 spiro atoms. The number of amides is 1. The third-order valence-corrected chi connectivity index (χ3v) is 9.87. The smallest absolute Gasteiger partial charge is 0.227 e. The van der Waals surface area contributed by atoms with Crippen molar-refractivity contribution < 1.29 is 4.79 Å². The molecule has 8 rings (SSSR count). The summed E-state index contributed by atoms with van der Waals surface area (Å²) >= 11 is 0. The number of aromatic nitrogens is 2. The number of nitrogens with one attached hydrogen (secondary N) is 3. The van der Waals surface area contributed by atoms with Gasteiger partial charge >= 0.3 is 0 Å². The van der Waals surface area contributed by atoms with E-state index in [-0.39, 0.29) is 11.8 Å². The molecule has 198 valence electrons. The summed E-state index contributed by atoms with van der Waals surface area (Å²) in [6.45, 7) is 0. The highest BCUT2D eigenvalue weighted by atomic mass is 16.1. The lowest BCUT2D eigenvalue weighted by atomic mass is 9.53. The molecule has 5 aliphatic rings. The molecule has 5 fully saturated rings. The second-order valence-corrected chi connectivity index (χ2v) is 12.8. The van der Waals surface area contributed by atoms with Crippen LogP contribution in [0.4, 0.5) is 11.4 Å². The zero-order valence-electron chi connectivity index (χ0n) is 22.3. The summed E-state index contributed by atoms with van der Waals surface area (Å²) < 4.78 is 0. The number of hydrogen-bond donors (Lipinski definition) is 3. The Labute approximate surface area is 226 Å². The van der Waals surface area contributed by atoms with E-state index in [9.17, 15) is 4.79 Å². The van der Waals surface area contributed by atoms with Crippen LogP contribution in [0.1, 0.15) is 77.0 Å². The molecule has 3 aromatic rings. The van der Waals surface area contributed by atoms with Crippen molar-refractivity contribution in [3.8, 4) is 22.6 Å². The normalized spacial score (nSPS) is 28.7. The van der Waals surface area contributed by atoms with Crippen LogP contribution in [0.3, 0.4) is 0 Å². The van der Waals surface area contributed by atoms with Crippen LogP contribution in [-0.4, -0.2) is 21.4 Å². The van der Waals surface area contributed by atoms with Gasteiger partial charge in [0.05, 0.1) is 11.9 Å². The van der Waals surface area contributed by atoms with E-state index in [1.54, 1.807) is 0 Å². The van der Waals surface area contributed by atoms with E-state index in [4.69, 9.17) is 0 Å². The molecule has 1 amide bonds. The number of carbonyl (C=O) groups excluding carboxylic acids is 1. The topological polar surface area (TPSA) is 69.8 Å². The second kappa shape index (κ2) is 9.91. The van der Waals surface area contributed by atoms with Crippen LogP contribution < -0.4 is 10.6 Å². The lowest BCUT2D eigenvalue weighted by molar-refractivity contribution is -0.120. The van der Waals surface area contributed by atoms with E-state index < -0.39 is 0 Å². The van der Waals surface area contributed by atoms with Crippen LogP contribution >= 0.6 is 0 Å². The van der Waals surface area contributed by atoms with Crippen molar-refractivity contribution in [2.75, 3.05) is 10.6 Å². The Morgan fingerprint density at radius 1 is 0.763 bits per heavy atom. The van der Waals surface area contributed by atoms with Crippen LogP contribution in [0.25, 0.3) is 22.6 Å². The summed E-state index contributed by atoms with van der Waals surface area (Å²) in [7, 11) is 0. The van der Waals surface area contributed by atoms with Crippen molar-refractivity contribution >= 4 is 17.3 Å². The largest absolute Gasteiger partial charge is 0.380 e. The van der Waals surface area contributed by atoms with Gasteiger partial charge in [0.25, 0.3) is 0 Å². The molecule has 0 saturated heterocycles. The molecular weight excluding hydrogens is 468 g/mol. The first-order valence-electron chi connectivity index (χ1n) is 15.0. The van der Waals surface area contributed by atoms with Crippen LogP contribution in [0.15, 0.2) is 54.7 Å². The average molecular weight is 509 g/mol. The minimum absolute atomic E-state index is 0.152. The van der Waals surface area contributed by atoms with Crippen LogP contribution in [0.2, 0.25) is 0 Å². The molecular formula is C33H40N4O. The number of aromatic amines is 1. The molecule has 5 nitrogen and oxygen atoms in total. The molecule has 0 aliphatic heterocycles. The molecule has 5 saturated carbocycles. The first-order chi connectivity index (χ1) is 18.6. The first-order valence-corrected chi connectivity index (χ1v) is 15.0. The number of anilines is 2. The number of benzene rings is 2. The van der Waals surface area contributed by atoms with Gasteiger partial charge in [-0.05, 0) is 111 Å². The molecule has 1 aromatic heterocycles. The maximum absolute atomic E-state index is 12.7. The molecule has 0 atom stereocenters. The molecule has 2 aromatic carbocycles. The van der Waals surface area contributed by atoms with Gasteiger partial charge in [0.1, 0.15) is 5.82 Å². The fraction of sp³-hybridized carbons (Fsp3) is 0.515. The summed E-state index contributed by atoms with van der Waals surface area (Å²) in [4.78, 5) is 20.8. The van der Waals surface area contributed by atoms with Crippen molar-refractivity contribution in [2.45, 2.75) is 82.6 Å². The number of rotatable bonds is 6. The Morgan fingerprint density at radius 2 is 1.34 bits per heavy atom. The van der Waals surface area contributed by atoms with E-state index >= 15 is 0 Å². The number of imidazole rings is 1. The third kappa shape index (κ3) is 4.88. The lowest BCUT2D eigenvalue weighted by Crippen LogP contribution is -2.54. The minimum Gasteiger partial charge on any atom is -0.380 e. The number of carbonyl (C=O) groups is 1. The molecule has 5 heteroatoms. The second-order valence-electron chi connectivity index (χ2n) is 12.8. The van der Waals surface area contributed by atoms with E-state index in [0.29, 0.717) is 5.54 Å². The van der Waals surface area contributed by atoms with E-state index in [2.05, 4.69) is 44.9 Å². The predicted molar refractivity (Wildman–Crippen MR) is 154 cm³/mol. The molecule has 0 unspecified atom stereocenters. The number of hydrogen-bond acceptors (Lipinski definition) is 3. The Morgan fingerprint density at radius 3 is 1.97 bits per heavy atom. The summed E-state index contributed by atoms with van der Waals surface area (Å²) in [6.07, 6.45) is 17.3. The summed E-state index contributed by atoms with van der Waals surface area (Å²) in [5.41, 5.74) is 5.62. The van der Waals surface area contributed by atoms with Crippen molar-refractivity contribution in [3.63, 3.8) is 0 Å². The Kier molecular flexibility index (Phi) is 6.25. The Hall–Kier alpha value is -3.08. The van der Waals surface area contributed by atoms with E-state index in [1.165, 1.54) is 69.9 Å². The van der Waals surface area contributed by atoms with Gasteiger partial charge in [0, 0.05) is 28.4 Å².